The van der Waals surface area contributed by atoms with Crippen LogP contribution in [0.15, 0.2) is 36.9 Å². The van der Waals surface area contributed by atoms with Crippen molar-refractivity contribution < 1.29 is 4.68 Å². The Labute approximate surface area is 94.5 Å². The van der Waals surface area contributed by atoms with Gasteiger partial charge in [-0.1, -0.05) is 31.7 Å². The predicted octanol–water partition coefficient (Wildman–Crippen LogP) is 1.12. The molecule has 0 spiro atoms. The highest BCUT2D eigenvalue weighted by molar-refractivity contribution is 5.45. The van der Waals surface area contributed by atoms with E-state index in [2.05, 4.69) is 9.94 Å². The number of hydrogen-bond acceptors (Lipinski definition) is 2. The van der Waals surface area contributed by atoms with E-state index in [-0.39, 0.29) is 7.43 Å². The van der Waals surface area contributed by atoms with Crippen molar-refractivity contribution >= 4 is 5.69 Å². The lowest BCUT2D eigenvalue weighted by Gasteiger charge is -1.95. The number of hydrogen-bond donors (Lipinski definition) is 1. The molecule has 1 aromatic carbocycles. The Hall–Kier alpha value is -2.35. The molecule has 0 aliphatic heterocycles. The van der Waals surface area contributed by atoms with Crippen LogP contribution in [-0.4, -0.2) is 9.78 Å². The molecule has 5 nitrogen and oxygen atoms in total. The molecular weight excluding hydrogens is 202 g/mol. The van der Waals surface area contributed by atoms with E-state index in [1.165, 1.54) is 11.0 Å². The highest BCUT2D eigenvalue weighted by Crippen LogP contribution is 2.12. The zero-order valence-electron chi connectivity index (χ0n) is 8.04. The first-order valence-corrected chi connectivity index (χ1v) is 4.43. The van der Waals surface area contributed by atoms with E-state index in [9.17, 15) is 0 Å². The quantitative estimate of drug-likeness (QED) is 0.464. The first-order chi connectivity index (χ1) is 7.28. The summed E-state index contributed by atoms with van der Waals surface area (Å²) in [4.78, 5) is 3.33. The number of aromatic nitrogens is 3. The number of benzene rings is 1. The molecule has 0 aliphatic rings. The van der Waals surface area contributed by atoms with Gasteiger partial charge in [0.2, 0.25) is 6.33 Å². The van der Waals surface area contributed by atoms with Crippen molar-refractivity contribution in [3.63, 3.8) is 0 Å². The fourth-order valence-electron chi connectivity index (χ4n) is 1.28. The summed E-state index contributed by atoms with van der Waals surface area (Å²) in [5, 5.41) is 4.05. The number of nitrogen functional groups attached to an aromatic ring is 1. The molecule has 0 aliphatic carbocycles. The molecule has 1 heterocycles. The van der Waals surface area contributed by atoms with E-state index >= 15 is 0 Å². The van der Waals surface area contributed by atoms with Crippen LogP contribution in [0.3, 0.4) is 0 Å². The minimum atomic E-state index is 0. The molecule has 0 atom stereocenters. The Bertz CT molecular complexity index is 492. The van der Waals surface area contributed by atoms with Crippen LogP contribution >= 0.6 is 0 Å². The van der Waals surface area contributed by atoms with Gasteiger partial charge in [0.25, 0.3) is 6.33 Å². The molecule has 16 heavy (non-hydrogen) atoms. The maximum Gasteiger partial charge on any atom is 0.286 e. The SMILES string of the molecule is C.[C-]#[N+]c1ccc(Cn2c[n+](N)cn2)cc1. The van der Waals surface area contributed by atoms with Gasteiger partial charge in [0.05, 0.1) is 6.57 Å². The molecule has 0 radical (unpaired) electrons. The van der Waals surface area contributed by atoms with Gasteiger partial charge < -0.3 is 0 Å². The lowest BCUT2D eigenvalue weighted by Crippen LogP contribution is -2.42. The van der Waals surface area contributed by atoms with Gasteiger partial charge in [0.15, 0.2) is 5.69 Å². The Morgan fingerprint density at radius 3 is 2.56 bits per heavy atom. The number of nitrogens with zero attached hydrogens (tertiary/aromatic N) is 4. The molecule has 0 amide bonds. The smallest absolute Gasteiger partial charge is 0.286 e. The molecular formula is C11H14N5+. The minimum Gasteiger partial charge on any atom is -0.289 e. The Kier molecular flexibility index (Phi) is 3.62. The highest BCUT2D eigenvalue weighted by atomic mass is 15.4. The third-order valence-corrected chi connectivity index (χ3v) is 2.01. The number of rotatable bonds is 2. The summed E-state index contributed by atoms with van der Waals surface area (Å²) in [6, 6.07) is 7.41. The standard InChI is InChI=1S/C10H10N5.CH4/c1-12-10-4-2-9(3-5-10)6-15-8-14(11)7-13-15;/h2-5,7-8H,6,11H2;1H4/q+1;. The second kappa shape index (κ2) is 4.94. The van der Waals surface area contributed by atoms with Crippen molar-refractivity contribution in [2.75, 3.05) is 5.84 Å². The van der Waals surface area contributed by atoms with E-state index in [1.807, 2.05) is 12.1 Å². The highest BCUT2D eigenvalue weighted by Gasteiger charge is 2.03. The summed E-state index contributed by atoms with van der Waals surface area (Å²) in [7, 11) is 0. The normalized spacial score (nSPS) is 9.19. The zero-order valence-corrected chi connectivity index (χ0v) is 8.04. The van der Waals surface area contributed by atoms with Crippen LogP contribution in [0, 0.1) is 6.57 Å². The van der Waals surface area contributed by atoms with Gasteiger partial charge in [-0.2, -0.15) is 0 Å². The molecule has 0 saturated heterocycles. The lowest BCUT2D eigenvalue weighted by molar-refractivity contribution is -0.639. The van der Waals surface area contributed by atoms with Crippen LogP contribution < -0.4 is 10.5 Å². The van der Waals surface area contributed by atoms with Crippen molar-refractivity contribution in [2.45, 2.75) is 14.0 Å². The van der Waals surface area contributed by atoms with E-state index in [1.54, 1.807) is 23.1 Å². The summed E-state index contributed by atoms with van der Waals surface area (Å²) >= 11 is 0. The van der Waals surface area contributed by atoms with E-state index in [0.29, 0.717) is 12.2 Å². The van der Waals surface area contributed by atoms with Crippen molar-refractivity contribution in [3.05, 3.63) is 53.9 Å². The molecule has 5 heteroatoms. The van der Waals surface area contributed by atoms with Crippen molar-refractivity contribution in [3.8, 4) is 0 Å². The van der Waals surface area contributed by atoms with E-state index in [4.69, 9.17) is 12.4 Å². The Balaban J connectivity index is 0.00000128. The average molecular weight is 216 g/mol. The maximum atomic E-state index is 6.83. The van der Waals surface area contributed by atoms with Crippen molar-refractivity contribution in [1.29, 1.82) is 0 Å². The second-order valence-electron chi connectivity index (χ2n) is 3.17. The molecule has 2 aromatic rings. The third-order valence-electron chi connectivity index (χ3n) is 2.01. The van der Waals surface area contributed by atoms with Gasteiger partial charge in [0.1, 0.15) is 6.54 Å². The lowest BCUT2D eigenvalue weighted by atomic mass is 10.2. The summed E-state index contributed by atoms with van der Waals surface area (Å²) < 4.78 is 3.13. The molecule has 1 aromatic heterocycles. The van der Waals surface area contributed by atoms with Gasteiger partial charge in [0, 0.05) is 5.10 Å². The van der Waals surface area contributed by atoms with Crippen LogP contribution in [0.5, 0.6) is 0 Å². The van der Waals surface area contributed by atoms with Crippen LogP contribution in [-0.2, 0) is 6.54 Å². The van der Waals surface area contributed by atoms with Crippen LogP contribution in [0.25, 0.3) is 4.85 Å². The van der Waals surface area contributed by atoms with Crippen LogP contribution in [0.2, 0.25) is 0 Å². The van der Waals surface area contributed by atoms with E-state index < -0.39 is 0 Å². The average Bonchev–Trinajstić information content (AvgIpc) is 2.65. The summed E-state index contributed by atoms with van der Waals surface area (Å²) in [6.07, 6.45) is 3.23. The van der Waals surface area contributed by atoms with E-state index in [0.717, 1.165) is 5.56 Å². The molecule has 2 N–H and O–H groups in total. The molecule has 2 rings (SSSR count). The van der Waals surface area contributed by atoms with Gasteiger partial charge in [-0.05, 0) is 5.56 Å². The molecule has 0 bridgehead atoms. The first-order valence-electron chi connectivity index (χ1n) is 4.43. The van der Waals surface area contributed by atoms with Crippen LogP contribution in [0.4, 0.5) is 5.69 Å². The summed E-state index contributed by atoms with van der Waals surface area (Å²) in [5.41, 5.74) is 1.74. The maximum absolute atomic E-state index is 6.83. The summed E-state index contributed by atoms with van der Waals surface area (Å²) in [5.74, 6) is 5.47. The van der Waals surface area contributed by atoms with Crippen LogP contribution in [0.1, 0.15) is 13.0 Å². The minimum absolute atomic E-state index is 0. The predicted molar refractivity (Wildman–Crippen MR) is 61.1 cm³/mol. The third kappa shape index (κ3) is 2.58. The van der Waals surface area contributed by atoms with Gasteiger partial charge >= 0.3 is 0 Å². The molecule has 0 saturated carbocycles. The fraction of sp³-hybridized carbons (Fsp3) is 0.182. The molecule has 0 fully saturated rings. The van der Waals surface area contributed by atoms with Crippen molar-refractivity contribution in [1.82, 2.24) is 9.78 Å². The second-order valence-corrected chi connectivity index (χ2v) is 3.17. The van der Waals surface area contributed by atoms with Gasteiger partial charge in [-0.3, -0.25) is 5.84 Å². The largest absolute Gasteiger partial charge is 0.289 e. The Morgan fingerprint density at radius 1 is 1.38 bits per heavy atom. The zero-order chi connectivity index (χ0) is 10.7. The molecule has 82 valence electrons. The summed E-state index contributed by atoms with van der Waals surface area (Å²) in [6.45, 7) is 7.48. The van der Waals surface area contributed by atoms with Gasteiger partial charge in [-0.25, -0.2) is 4.85 Å². The Morgan fingerprint density at radius 2 is 2.06 bits per heavy atom. The van der Waals surface area contributed by atoms with Crippen molar-refractivity contribution in [2.24, 2.45) is 0 Å². The monoisotopic (exact) mass is 216 g/mol. The topological polar surface area (TPSA) is 52.1 Å². The first kappa shape index (κ1) is 11.7. The fourth-order valence-corrected chi connectivity index (χ4v) is 1.28. The number of nitrogens with two attached hydrogens (primary N) is 1. The molecule has 0 unspecified atom stereocenters. The van der Waals surface area contributed by atoms with Gasteiger partial charge in [-0.15, -0.1) is 9.36 Å².